The van der Waals surface area contributed by atoms with Crippen molar-refractivity contribution >= 4 is 27.6 Å². The largest absolute Gasteiger partial charge is 0.411 e. The van der Waals surface area contributed by atoms with Crippen molar-refractivity contribution in [3.63, 3.8) is 0 Å². The van der Waals surface area contributed by atoms with Crippen molar-refractivity contribution in [1.82, 2.24) is 14.5 Å². The first-order chi connectivity index (χ1) is 15.3. The number of aryl methyl sites for hydroxylation is 1. The molecule has 1 fully saturated rings. The maximum atomic E-state index is 13.0. The Morgan fingerprint density at radius 2 is 1.78 bits per heavy atom. The quantitative estimate of drug-likeness (QED) is 0.368. The Morgan fingerprint density at radius 1 is 1.06 bits per heavy atom. The predicted octanol–water partition coefficient (Wildman–Crippen LogP) is 4.58. The molecule has 1 saturated heterocycles. The molecule has 0 saturated carbocycles. The summed E-state index contributed by atoms with van der Waals surface area (Å²) >= 11 is 1.18. The average molecular weight is 472 g/mol. The summed E-state index contributed by atoms with van der Waals surface area (Å²) in [5, 5.41) is 7.96. The standard InChI is InChI=1S/C23H25N3O4S2/c1-16-9-11-18(12-10-16)21(27)17(2)31-23-25-24-22(30-23)19-7-6-8-20(15-19)32(28,29)26-13-4-3-5-14-26/h6-12,15,17H,3-5,13-14H2,1-2H3. The fourth-order valence-electron chi connectivity index (χ4n) is 3.58. The van der Waals surface area contributed by atoms with Gasteiger partial charge in [-0.25, -0.2) is 8.42 Å². The number of rotatable bonds is 7. The minimum atomic E-state index is -3.56. The van der Waals surface area contributed by atoms with E-state index in [4.69, 9.17) is 4.42 Å². The van der Waals surface area contributed by atoms with Gasteiger partial charge in [0.1, 0.15) is 0 Å². The minimum absolute atomic E-state index is 0.0237. The van der Waals surface area contributed by atoms with Crippen LogP contribution in [0, 0.1) is 6.92 Å². The first-order valence-corrected chi connectivity index (χ1v) is 12.9. The van der Waals surface area contributed by atoms with Crippen LogP contribution in [0.4, 0.5) is 0 Å². The van der Waals surface area contributed by atoms with Crippen molar-refractivity contribution in [2.45, 2.75) is 48.5 Å². The molecule has 2 heterocycles. The molecule has 1 unspecified atom stereocenters. The molecule has 1 aliphatic heterocycles. The number of hydrogen-bond acceptors (Lipinski definition) is 7. The number of piperidine rings is 1. The summed E-state index contributed by atoms with van der Waals surface area (Å²) in [6.45, 7) is 4.85. The molecule has 32 heavy (non-hydrogen) atoms. The topological polar surface area (TPSA) is 93.4 Å². The van der Waals surface area contributed by atoms with Crippen LogP contribution in [0.5, 0.6) is 0 Å². The highest BCUT2D eigenvalue weighted by molar-refractivity contribution is 8.00. The molecule has 168 valence electrons. The van der Waals surface area contributed by atoms with Crippen LogP contribution >= 0.6 is 11.8 Å². The lowest BCUT2D eigenvalue weighted by Crippen LogP contribution is -2.35. The molecule has 1 aromatic heterocycles. The zero-order valence-corrected chi connectivity index (χ0v) is 19.7. The van der Waals surface area contributed by atoms with Crippen molar-refractivity contribution in [3.8, 4) is 11.5 Å². The van der Waals surface area contributed by atoms with E-state index in [-0.39, 0.29) is 21.8 Å². The van der Waals surface area contributed by atoms with Crippen molar-refractivity contribution in [1.29, 1.82) is 0 Å². The summed E-state index contributed by atoms with van der Waals surface area (Å²) in [4.78, 5) is 12.9. The summed E-state index contributed by atoms with van der Waals surface area (Å²) in [7, 11) is -3.56. The van der Waals surface area contributed by atoms with Gasteiger partial charge in [0.15, 0.2) is 5.78 Å². The lowest BCUT2D eigenvalue weighted by molar-refractivity contribution is 0.0993. The molecule has 3 aromatic rings. The predicted molar refractivity (Wildman–Crippen MR) is 123 cm³/mol. The fraction of sp³-hybridized carbons (Fsp3) is 0.348. The minimum Gasteiger partial charge on any atom is -0.411 e. The van der Waals surface area contributed by atoms with Gasteiger partial charge in [0.2, 0.25) is 15.9 Å². The van der Waals surface area contributed by atoms with E-state index >= 15 is 0 Å². The number of Topliss-reactive ketones (excluding diaryl/α,β-unsaturated/α-hetero) is 1. The van der Waals surface area contributed by atoms with E-state index in [1.807, 2.05) is 31.2 Å². The van der Waals surface area contributed by atoms with E-state index in [1.165, 1.54) is 16.1 Å². The van der Waals surface area contributed by atoms with E-state index in [1.54, 1.807) is 31.2 Å². The summed E-state index contributed by atoms with van der Waals surface area (Å²) in [5.74, 6) is 0.197. The van der Waals surface area contributed by atoms with Gasteiger partial charge < -0.3 is 4.42 Å². The summed E-state index contributed by atoms with van der Waals surface area (Å²) in [6.07, 6.45) is 2.81. The van der Waals surface area contributed by atoms with Gasteiger partial charge in [0.25, 0.3) is 5.22 Å². The summed E-state index contributed by atoms with van der Waals surface area (Å²) in [6, 6.07) is 14.0. The molecule has 4 rings (SSSR count). The first kappa shape index (κ1) is 22.7. The van der Waals surface area contributed by atoms with E-state index in [0.29, 0.717) is 24.2 Å². The maximum Gasteiger partial charge on any atom is 0.277 e. The number of hydrogen-bond donors (Lipinski definition) is 0. The highest BCUT2D eigenvalue weighted by atomic mass is 32.2. The second kappa shape index (κ2) is 9.56. The number of benzene rings is 2. The highest BCUT2D eigenvalue weighted by Crippen LogP contribution is 2.29. The molecule has 0 bridgehead atoms. The molecule has 0 spiro atoms. The summed E-state index contributed by atoms with van der Waals surface area (Å²) in [5.41, 5.74) is 2.25. The van der Waals surface area contributed by atoms with Gasteiger partial charge in [-0.3, -0.25) is 4.79 Å². The lowest BCUT2D eigenvalue weighted by atomic mass is 10.1. The van der Waals surface area contributed by atoms with Gasteiger partial charge in [0, 0.05) is 24.2 Å². The third-order valence-corrected chi connectivity index (χ3v) is 8.25. The third-order valence-electron chi connectivity index (χ3n) is 5.42. The van der Waals surface area contributed by atoms with Crippen LogP contribution in [-0.4, -0.2) is 47.0 Å². The molecule has 7 nitrogen and oxygen atoms in total. The van der Waals surface area contributed by atoms with Crippen molar-refractivity contribution in [3.05, 3.63) is 59.7 Å². The average Bonchev–Trinajstić information content (AvgIpc) is 3.28. The fourth-order valence-corrected chi connectivity index (χ4v) is 5.90. The SMILES string of the molecule is Cc1ccc(C(=O)C(C)Sc2nnc(-c3cccc(S(=O)(=O)N4CCCCC4)c3)o2)cc1. The first-order valence-electron chi connectivity index (χ1n) is 10.6. The molecule has 0 radical (unpaired) electrons. The van der Waals surface area contributed by atoms with Crippen LogP contribution in [0.25, 0.3) is 11.5 Å². The Balaban J connectivity index is 1.49. The van der Waals surface area contributed by atoms with E-state index in [0.717, 1.165) is 24.8 Å². The Bertz CT molecular complexity index is 1200. The molecule has 0 N–H and O–H groups in total. The Hall–Kier alpha value is -2.49. The maximum absolute atomic E-state index is 13.0. The van der Waals surface area contributed by atoms with Gasteiger partial charge in [0.05, 0.1) is 10.1 Å². The molecule has 9 heteroatoms. The normalized spacial score (nSPS) is 16.1. The molecule has 1 atom stereocenters. The number of sulfonamides is 1. The Labute approximate surface area is 192 Å². The van der Waals surface area contributed by atoms with Crippen LogP contribution in [-0.2, 0) is 10.0 Å². The second-order valence-corrected chi connectivity index (χ2v) is 11.1. The molecule has 2 aromatic carbocycles. The van der Waals surface area contributed by atoms with Crippen molar-refractivity contribution in [2.75, 3.05) is 13.1 Å². The van der Waals surface area contributed by atoms with Crippen LogP contribution in [0.1, 0.15) is 42.1 Å². The monoisotopic (exact) mass is 471 g/mol. The van der Waals surface area contributed by atoms with Gasteiger partial charge in [-0.2, -0.15) is 4.31 Å². The van der Waals surface area contributed by atoms with Gasteiger partial charge >= 0.3 is 0 Å². The third kappa shape index (κ3) is 4.95. The van der Waals surface area contributed by atoms with Crippen molar-refractivity contribution in [2.24, 2.45) is 0 Å². The molecule has 1 aliphatic rings. The zero-order chi connectivity index (χ0) is 22.7. The van der Waals surface area contributed by atoms with Gasteiger partial charge in [-0.05, 0) is 44.9 Å². The second-order valence-electron chi connectivity index (χ2n) is 7.86. The zero-order valence-electron chi connectivity index (χ0n) is 18.0. The van der Waals surface area contributed by atoms with Crippen molar-refractivity contribution < 1.29 is 17.6 Å². The number of carbonyl (C=O) groups excluding carboxylic acids is 1. The van der Waals surface area contributed by atoms with Crippen LogP contribution in [0.2, 0.25) is 0 Å². The molecular formula is C23H25N3O4S2. The molecule has 0 amide bonds. The number of nitrogens with zero attached hydrogens (tertiary/aromatic N) is 3. The highest BCUT2D eigenvalue weighted by Gasteiger charge is 2.27. The lowest BCUT2D eigenvalue weighted by Gasteiger charge is -2.25. The molecular weight excluding hydrogens is 446 g/mol. The van der Waals surface area contributed by atoms with Crippen LogP contribution in [0.15, 0.2) is 63.1 Å². The van der Waals surface area contributed by atoms with Crippen LogP contribution < -0.4 is 0 Å². The number of aromatic nitrogens is 2. The van der Waals surface area contributed by atoms with Gasteiger partial charge in [-0.1, -0.05) is 54.1 Å². The van der Waals surface area contributed by atoms with Gasteiger partial charge in [-0.15, -0.1) is 10.2 Å². The summed E-state index contributed by atoms with van der Waals surface area (Å²) < 4.78 is 33.2. The van der Waals surface area contributed by atoms with Crippen LogP contribution in [0.3, 0.4) is 0 Å². The van der Waals surface area contributed by atoms with E-state index < -0.39 is 15.3 Å². The number of ketones is 1. The Kier molecular flexibility index (Phi) is 6.78. The van der Waals surface area contributed by atoms with E-state index in [9.17, 15) is 13.2 Å². The smallest absolute Gasteiger partial charge is 0.277 e. The number of thioether (sulfide) groups is 1. The molecule has 0 aliphatic carbocycles. The Morgan fingerprint density at radius 3 is 2.50 bits per heavy atom. The number of carbonyl (C=O) groups is 1. The van der Waals surface area contributed by atoms with E-state index in [2.05, 4.69) is 10.2 Å².